The van der Waals surface area contributed by atoms with Crippen molar-refractivity contribution < 1.29 is 9.47 Å². The molecule has 2 aromatic carbocycles. The first-order valence-corrected chi connectivity index (χ1v) is 9.31. The maximum atomic E-state index is 5.36. The van der Waals surface area contributed by atoms with E-state index >= 15 is 0 Å². The Hall–Kier alpha value is -2.55. The molecule has 0 aliphatic heterocycles. The molecular formula is C22H27IN4O2. The predicted octanol–water partition coefficient (Wildman–Crippen LogP) is 4.13. The van der Waals surface area contributed by atoms with Gasteiger partial charge in [0.1, 0.15) is 0 Å². The Kier molecular flexibility index (Phi) is 8.98. The van der Waals surface area contributed by atoms with Crippen LogP contribution in [0.25, 0.3) is 10.8 Å². The minimum Gasteiger partial charge on any atom is -0.493 e. The van der Waals surface area contributed by atoms with Gasteiger partial charge in [-0.05, 0) is 36.1 Å². The summed E-state index contributed by atoms with van der Waals surface area (Å²) >= 11 is 0. The number of fused-ring (bicyclic) bond motifs is 1. The highest BCUT2D eigenvalue weighted by Crippen LogP contribution is 2.27. The fourth-order valence-corrected chi connectivity index (χ4v) is 2.98. The molecule has 0 spiro atoms. The van der Waals surface area contributed by atoms with Gasteiger partial charge in [-0.2, -0.15) is 0 Å². The number of nitrogens with one attached hydrogen (secondary N) is 2. The van der Waals surface area contributed by atoms with Gasteiger partial charge in [0.05, 0.1) is 33.0 Å². The largest absolute Gasteiger partial charge is 0.493 e. The van der Waals surface area contributed by atoms with Crippen LogP contribution in [0.3, 0.4) is 0 Å². The minimum atomic E-state index is 0. The van der Waals surface area contributed by atoms with E-state index in [1.54, 1.807) is 14.2 Å². The van der Waals surface area contributed by atoms with Crippen molar-refractivity contribution >= 4 is 40.7 Å². The Morgan fingerprint density at radius 2 is 1.79 bits per heavy atom. The van der Waals surface area contributed by atoms with Crippen LogP contribution >= 0.6 is 24.0 Å². The normalized spacial score (nSPS) is 10.9. The van der Waals surface area contributed by atoms with Crippen molar-refractivity contribution in [1.29, 1.82) is 0 Å². The monoisotopic (exact) mass is 506 g/mol. The van der Waals surface area contributed by atoms with E-state index in [2.05, 4.69) is 32.7 Å². The summed E-state index contributed by atoms with van der Waals surface area (Å²) in [5, 5.41) is 8.98. The van der Waals surface area contributed by atoms with Gasteiger partial charge in [-0.1, -0.05) is 30.3 Å². The van der Waals surface area contributed by atoms with Gasteiger partial charge in [-0.3, -0.25) is 4.98 Å². The molecule has 1 heterocycles. The third-order valence-corrected chi connectivity index (χ3v) is 4.39. The van der Waals surface area contributed by atoms with Crippen molar-refractivity contribution in [2.75, 3.05) is 20.8 Å². The Balaban J connectivity index is 0.00000300. The van der Waals surface area contributed by atoms with E-state index in [1.165, 1.54) is 5.39 Å². The number of aliphatic imine (C=N–C) groups is 1. The van der Waals surface area contributed by atoms with Crippen LogP contribution in [0.2, 0.25) is 0 Å². The standard InChI is InChI=1S/C22H26N4O2.HI/c1-4-23-22(25-14-16-9-10-20(27-2)21(13-16)28-3)26-15-19-18-8-6-5-7-17(18)11-12-24-19;/h5-13H,4,14-15H2,1-3H3,(H2,23,25,26);1H. The Bertz CT molecular complexity index is 957. The highest BCUT2D eigenvalue weighted by molar-refractivity contribution is 14.0. The molecule has 0 fully saturated rings. The average Bonchev–Trinajstić information content (AvgIpc) is 2.75. The fraction of sp³-hybridized carbons (Fsp3) is 0.273. The third-order valence-electron chi connectivity index (χ3n) is 4.39. The lowest BCUT2D eigenvalue weighted by Gasteiger charge is -2.13. The van der Waals surface area contributed by atoms with Crippen LogP contribution in [-0.4, -0.2) is 31.7 Å². The number of benzene rings is 2. The molecule has 2 N–H and O–H groups in total. The number of hydrogen-bond donors (Lipinski definition) is 2. The number of rotatable bonds is 7. The Morgan fingerprint density at radius 1 is 1.00 bits per heavy atom. The highest BCUT2D eigenvalue weighted by atomic mass is 127. The number of halogens is 1. The second kappa shape index (κ2) is 11.5. The molecule has 0 saturated heterocycles. The molecular weight excluding hydrogens is 479 g/mol. The van der Waals surface area contributed by atoms with Gasteiger partial charge in [0.25, 0.3) is 0 Å². The number of pyridine rings is 1. The van der Waals surface area contributed by atoms with Crippen LogP contribution < -0.4 is 20.1 Å². The van der Waals surface area contributed by atoms with Crippen molar-refractivity contribution in [2.45, 2.75) is 20.0 Å². The molecule has 0 amide bonds. The van der Waals surface area contributed by atoms with E-state index in [0.29, 0.717) is 24.6 Å². The molecule has 0 aliphatic carbocycles. The SMILES string of the molecule is CCNC(=NCc1ccc(OC)c(OC)c1)NCc1nccc2ccccc12.I. The molecule has 29 heavy (non-hydrogen) atoms. The van der Waals surface area contributed by atoms with E-state index in [4.69, 9.17) is 9.47 Å². The van der Waals surface area contributed by atoms with Crippen LogP contribution in [0.15, 0.2) is 59.7 Å². The Morgan fingerprint density at radius 3 is 2.55 bits per heavy atom. The van der Waals surface area contributed by atoms with Gasteiger partial charge in [0, 0.05) is 18.1 Å². The van der Waals surface area contributed by atoms with E-state index in [9.17, 15) is 0 Å². The molecule has 7 heteroatoms. The molecule has 1 aromatic heterocycles. The number of nitrogens with zero attached hydrogens (tertiary/aromatic N) is 2. The molecule has 6 nitrogen and oxygen atoms in total. The maximum absolute atomic E-state index is 5.36. The second-order valence-electron chi connectivity index (χ2n) is 6.22. The zero-order valence-corrected chi connectivity index (χ0v) is 19.3. The van der Waals surface area contributed by atoms with Crippen molar-refractivity contribution in [2.24, 2.45) is 4.99 Å². The first-order valence-electron chi connectivity index (χ1n) is 9.31. The zero-order chi connectivity index (χ0) is 19.8. The lowest BCUT2D eigenvalue weighted by molar-refractivity contribution is 0.354. The summed E-state index contributed by atoms with van der Waals surface area (Å²) in [7, 11) is 3.26. The summed E-state index contributed by atoms with van der Waals surface area (Å²) in [4.78, 5) is 9.20. The summed E-state index contributed by atoms with van der Waals surface area (Å²) in [6.07, 6.45) is 1.84. The average molecular weight is 506 g/mol. The number of guanidine groups is 1. The van der Waals surface area contributed by atoms with E-state index in [1.807, 2.05) is 49.5 Å². The number of ether oxygens (including phenoxy) is 2. The van der Waals surface area contributed by atoms with Crippen LogP contribution in [0.1, 0.15) is 18.2 Å². The van der Waals surface area contributed by atoms with Gasteiger partial charge in [0.2, 0.25) is 0 Å². The topological polar surface area (TPSA) is 67.8 Å². The van der Waals surface area contributed by atoms with Gasteiger partial charge in [-0.25, -0.2) is 4.99 Å². The van der Waals surface area contributed by atoms with Crippen LogP contribution in [0, 0.1) is 0 Å². The molecule has 0 saturated carbocycles. The summed E-state index contributed by atoms with van der Waals surface area (Å²) in [5.41, 5.74) is 2.04. The highest BCUT2D eigenvalue weighted by Gasteiger charge is 2.06. The summed E-state index contributed by atoms with van der Waals surface area (Å²) in [6.45, 7) is 3.95. The van der Waals surface area contributed by atoms with Crippen LogP contribution in [0.5, 0.6) is 11.5 Å². The number of aromatic nitrogens is 1. The second-order valence-corrected chi connectivity index (χ2v) is 6.22. The fourth-order valence-electron chi connectivity index (χ4n) is 2.98. The van der Waals surface area contributed by atoms with Crippen molar-refractivity contribution in [3.05, 3.63) is 66.0 Å². The van der Waals surface area contributed by atoms with E-state index < -0.39 is 0 Å². The zero-order valence-electron chi connectivity index (χ0n) is 16.9. The summed E-state index contributed by atoms with van der Waals surface area (Å²) < 4.78 is 10.7. The molecule has 0 bridgehead atoms. The first-order chi connectivity index (χ1) is 13.7. The first kappa shape index (κ1) is 22.7. The minimum absolute atomic E-state index is 0. The quantitative estimate of drug-likeness (QED) is 0.287. The smallest absolute Gasteiger partial charge is 0.191 e. The van der Waals surface area contributed by atoms with Crippen LogP contribution in [0.4, 0.5) is 0 Å². The van der Waals surface area contributed by atoms with Crippen molar-refractivity contribution in [3.63, 3.8) is 0 Å². The molecule has 0 radical (unpaired) electrons. The molecule has 0 aliphatic rings. The van der Waals surface area contributed by atoms with Gasteiger partial charge >= 0.3 is 0 Å². The summed E-state index contributed by atoms with van der Waals surface area (Å²) in [5.74, 6) is 2.16. The molecule has 3 rings (SSSR count). The Labute approximate surface area is 188 Å². The van der Waals surface area contributed by atoms with Crippen molar-refractivity contribution in [3.8, 4) is 11.5 Å². The number of hydrogen-bond acceptors (Lipinski definition) is 4. The molecule has 0 unspecified atom stereocenters. The lowest BCUT2D eigenvalue weighted by atomic mass is 10.1. The maximum Gasteiger partial charge on any atom is 0.191 e. The third kappa shape index (κ3) is 5.96. The van der Waals surface area contributed by atoms with E-state index in [-0.39, 0.29) is 24.0 Å². The van der Waals surface area contributed by atoms with Gasteiger partial charge < -0.3 is 20.1 Å². The van der Waals surface area contributed by atoms with Crippen LogP contribution in [-0.2, 0) is 13.1 Å². The molecule has 0 atom stereocenters. The van der Waals surface area contributed by atoms with E-state index in [0.717, 1.165) is 29.1 Å². The van der Waals surface area contributed by atoms with Crippen molar-refractivity contribution in [1.82, 2.24) is 15.6 Å². The molecule has 3 aromatic rings. The summed E-state index contributed by atoms with van der Waals surface area (Å²) in [6, 6.07) is 16.1. The van der Waals surface area contributed by atoms with Gasteiger partial charge in [-0.15, -0.1) is 24.0 Å². The molecule has 154 valence electrons. The predicted molar refractivity (Wildman–Crippen MR) is 128 cm³/mol. The van der Waals surface area contributed by atoms with Gasteiger partial charge in [0.15, 0.2) is 17.5 Å². The lowest BCUT2D eigenvalue weighted by Crippen LogP contribution is -2.37. The number of methoxy groups -OCH3 is 2.